The van der Waals surface area contributed by atoms with Gasteiger partial charge in [-0.05, 0) is 63.2 Å². The molecule has 6 atom stereocenters. The number of carbonyl (C=O) groups is 4. The fraction of sp³-hybridized carbons (Fsp3) is 0.896. The smallest absolute Gasteiger partial charge is 0.462 e. The van der Waals surface area contributed by atoms with Crippen LogP contribution in [0, 0.1) is 11.8 Å². The van der Waals surface area contributed by atoms with Crippen LogP contribution in [0.15, 0.2) is 24.3 Å². The predicted molar refractivity (Wildman–Crippen MR) is 391 cm³/mol. The Hall–Kier alpha value is -2.46. The highest BCUT2D eigenvalue weighted by Crippen LogP contribution is 2.45. The van der Waals surface area contributed by atoms with Crippen LogP contribution < -0.4 is 0 Å². The van der Waals surface area contributed by atoms with E-state index in [-0.39, 0.29) is 25.7 Å². The van der Waals surface area contributed by atoms with Crippen LogP contribution in [0.1, 0.15) is 375 Å². The lowest BCUT2D eigenvalue weighted by atomic mass is 9.99. The number of unbranched alkanes of at least 4 members (excludes halogenated alkanes) is 40. The zero-order valence-electron chi connectivity index (χ0n) is 62.2. The number of allylic oxidation sites excluding steroid dienone is 4. The molecule has 3 unspecified atom stereocenters. The minimum atomic E-state index is -4.96. The number of ether oxygens (including phenoxy) is 4. The monoisotopic (exact) mass is 1410 g/mol. The van der Waals surface area contributed by atoms with Crippen molar-refractivity contribution in [3.63, 3.8) is 0 Å². The van der Waals surface area contributed by atoms with Crippen LogP contribution in [0.3, 0.4) is 0 Å². The molecule has 96 heavy (non-hydrogen) atoms. The summed E-state index contributed by atoms with van der Waals surface area (Å²) in [4.78, 5) is 72.5. The van der Waals surface area contributed by atoms with Crippen molar-refractivity contribution < 1.29 is 80.2 Å². The molecular formula is C77H146O17P2. The zero-order valence-corrected chi connectivity index (χ0v) is 63.9. The molecule has 0 saturated carbocycles. The van der Waals surface area contributed by atoms with Crippen molar-refractivity contribution in [1.29, 1.82) is 0 Å². The molecule has 0 aliphatic carbocycles. The fourth-order valence-electron chi connectivity index (χ4n) is 11.3. The van der Waals surface area contributed by atoms with Crippen LogP contribution in [0.4, 0.5) is 0 Å². The first-order chi connectivity index (χ1) is 46.4. The van der Waals surface area contributed by atoms with E-state index in [1.165, 1.54) is 167 Å². The van der Waals surface area contributed by atoms with Gasteiger partial charge in [0.05, 0.1) is 26.4 Å². The summed E-state index contributed by atoms with van der Waals surface area (Å²) in [5.41, 5.74) is 0. The summed E-state index contributed by atoms with van der Waals surface area (Å²) in [6.07, 6.45) is 59.5. The number of phosphoric acid groups is 2. The Labute approximate surface area is 586 Å². The quantitative estimate of drug-likeness (QED) is 0.0169. The SMILES string of the molecule is CCCCCC/C=C\C=C/CCCCCCCC(=O)OC[C@H](COP(=O)(O)OC[C@@H](O)COP(=O)(O)OC[C@@H](COC(=O)CCCCCCC)OC(=O)CCCCCCCCCCCCCC(C)C)OC(=O)CCCCCCCCCCCCCCCCCCCCC(C)CC. The van der Waals surface area contributed by atoms with Crippen LogP contribution >= 0.6 is 15.6 Å². The van der Waals surface area contributed by atoms with Gasteiger partial charge in [-0.15, -0.1) is 0 Å². The van der Waals surface area contributed by atoms with E-state index >= 15 is 0 Å². The Bertz CT molecular complexity index is 1950. The van der Waals surface area contributed by atoms with Crippen LogP contribution in [-0.2, 0) is 65.4 Å². The Morgan fingerprint density at radius 1 is 0.344 bits per heavy atom. The van der Waals surface area contributed by atoms with E-state index < -0.39 is 97.5 Å². The van der Waals surface area contributed by atoms with E-state index in [1.807, 2.05) is 0 Å². The molecule has 0 aromatic rings. The number of aliphatic hydroxyl groups is 1. The fourth-order valence-corrected chi connectivity index (χ4v) is 12.8. The molecule has 0 fully saturated rings. The molecule has 0 heterocycles. The maximum absolute atomic E-state index is 13.1. The van der Waals surface area contributed by atoms with E-state index in [0.29, 0.717) is 25.7 Å². The molecule has 0 amide bonds. The average molecular weight is 1410 g/mol. The van der Waals surface area contributed by atoms with Crippen molar-refractivity contribution in [2.75, 3.05) is 39.6 Å². The zero-order chi connectivity index (χ0) is 70.7. The largest absolute Gasteiger partial charge is 0.472 e. The summed E-state index contributed by atoms with van der Waals surface area (Å²) in [6.45, 7) is 9.51. The minimum Gasteiger partial charge on any atom is -0.462 e. The summed E-state index contributed by atoms with van der Waals surface area (Å²) < 4.78 is 68.3. The molecular weight excluding hydrogens is 1260 g/mol. The first-order valence-electron chi connectivity index (χ1n) is 39.3. The number of phosphoric ester groups is 2. The average Bonchev–Trinajstić information content (AvgIpc) is 1.67. The molecule has 0 aliphatic heterocycles. The second-order valence-electron chi connectivity index (χ2n) is 27.8. The Balaban J connectivity index is 5.15. The first kappa shape index (κ1) is 93.5. The van der Waals surface area contributed by atoms with Gasteiger partial charge >= 0.3 is 39.5 Å². The molecule has 0 rings (SSSR count). The topological polar surface area (TPSA) is 237 Å². The van der Waals surface area contributed by atoms with Gasteiger partial charge in [0.25, 0.3) is 0 Å². The van der Waals surface area contributed by atoms with Crippen molar-refractivity contribution in [2.24, 2.45) is 11.8 Å². The highest BCUT2D eigenvalue weighted by Gasteiger charge is 2.30. The van der Waals surface area contributed by atoms with Gasteiger partial charge in [-0.3, -0.25) is 37.3 Å². The summed E-state index contributed by atoms with van der Waals surface area (Å²) >= 11 is 0. The van der Waals surface area contributed by atoms with Crippen molar-refractivity contribution in [3.8, 4) is 0 Å². The van der Waals surface area contributed by atoms with Crippen LogP contribution in [0.25, 0.3) is 0 Å². The van der Waals surface area contributed by atoms with Gasteiger partial charge in [0.15, 0.2) is 12.2 Å². The number of aliphatic hydroxyl groups excluding tert-OH is 1. The number of hydrogen-bond donors (Lipinski definition) is 3. The maximum atomic E-state index is 13.1. The normalized spacial score (nSPS) is 14.4. The van der Waals surface area contributed by atoms with Crippen molar-refractivity contribution in [1.82, 2.24) is 0 Å². The number of esters is 4. The standard InChI is InChI=1S/C77H146O17P2/c1-7-10-12-14-15-16-17-18-23-27-32-37-42-48-54-60-75(80)88-66-73(94-77(82)61-55-49-43-38-33-28-25-22-20-19-21-24-26-31-36-41-47-52-58-70(6)9-3)68-92-96(85,86)90-64-71(78)63-89-95(83,84)91-67-72(65-87-74(79)59-53-45-13-11-8-2)93-76(81)62-56-50-44-39-34-29-30-35-40-46-51-57-69(4)5/h16-18,23,69-73,78H,7-15,19-22,24-68H2,1-6H3,(H,83,84)(H,85,86)/b17-16-,23-18-/t70?,71-,72+,73+/m0/s1. The molecule has 0 spiro atoms. The van der Waals surface area contributed by atoms with E-state index in [2.05, 4.69) is 65.8 Å². The highest BCUT2D eigenvalue weighted by molar-refractivity contribution is 7.47. The van der Waals surface area contributed by atoms with Crippen molar-refractivity contribution >= 4 is 39.5 Å². The second kappa shape index (κ2) is 68.3. The van der Waals surface area contributed by atoms with Gasteiger partial charge in [-0.2, -0.15) is 0 Å². The molecule has 566 valence electrons. The van der Waals surface area contributed by atoms with Crippen LogP contribution in [0.2, 0.25) is 0 Å². The Morgan fingerprint density at radius 3 is 0.938 bits per heavy atom. The summed E-state index contributed by atoms with van der Waals surface area (Å²) in [7, 11) is -9.91. The Kier molecular flexibility index (Phi) is 66.6. The van der Waals surface area contributed by atoms with Gasteiger partial charge in [0.1, 0.15) is 19.3 Å². The third kappa shape index (κ3) is 68.7. The maximum Gasteiger partial charge on any atom is 0.472 e. The van der Waals surface area contributed by atoms with Gasteiger partial charge in [0.2, 0.25) is 0 Å². The van der Waals surface area contributed by atoms with Gasteiger partial charge in [-0.25, -0.2) is 9.13 Å². The van der Waals surface area contributed by atoms with Crippen LogP contribution in [0.5, 0.6) is 0 Å². The summed E-state index contributed by atoms with van der Waals surface area (Å²) in [6, 6.07) is 0. The number of rotatable bonds is 74. The summed E-state index contributed by atoms with van der Waals surface area (Å²) in [5.74, 6) is -0.524. The number of carbonyl (C=O) groups excluding carboxylic acids is 4. The molecule has 19 heteroatoms. The van der Waals surface area contributed by atoms with Gasteiger partial charge < -0.3 is 33.8 Å². The highest BCUT2D eigenvalue weighted by atomic mass is 31.2. The summed E-state index contributed by atoms with van der Waals surface area (Å²) in [5, 5.41) is 10.6. The first-order valence-corrected chi connectivity index (χ1v) is 42.3. The lowest BCUT2D eigenvalue weighted by Gasteiger charge is -2.21. The third-order valence-electron chi connectivity index (χ3n) is 17.7. The lowest BCUT2D eigenvalue weighted by molar-refractivity contribution is -0.161. The lowest BCUT2D eigenvalue weighted by Crippen LogP contribution is -2.30. The second-order valence-corrected chi connectivity index (χ2v) is 30.7. The minimum absolute atomic E-state index is 0.101. The van der Waals surface area contributed by atoms with Crippen molar-refractivity contribution in [3.05, 3.63) is 24.3 Å². The predicted octanol–water partition coefficient (Wildman–Crippen LogP) is 22.3. The van der Waals surface area contributed by atoms with Crippen molar-refractivity contribution in [2.45, 2.75) is 394 Å². The Morgan fingerprint density at radius 2 is 0.615 bits per heavy atom. The van der Waals surface area contributed by atoms with E-state index in [1.54, 1.807) is 0 Å². The number of hydrogen-bond acceptors (Lipinski definition) is 15. The van der Waals surface area contributed by atoms with Crippen LogP contribution in [-0.4, -0.2) is 96.7 Å². The molecule has 0 saturated heterocycles. The molecule has 0 radical (unpaired) electrons. The van der Waals surface area contributed by atoms with E-state index in [0.717, 1.165) is 127 Å². The molecule has 0 bridgehead atoms. The van der Waals surface area contributed by atoms with E-state index in [4.69, 9.17) is 37.0 Å². The van der Waals surface area contributed by atoms with Gasteiger partial charge in [-0.1, -0.05) is 323 Å². The van der Waals surface area contributed by atoms with E-state index in [9.17, 15) is 43.2 Å². The van der Waals surface area contributed by atoms with Gasteiger partial charge in [0, 0.05) is 25.7 Å². The molecule has 0 aromatic carbocycles. The third-order valence-corrected chi connectivity index (χ3v) is 19.6. The molecule has 0 aliphatic rings. The molecule has 17 nitrogen and oxygen atoms in total. The molecule has 0 aromatic heterocycles. The molecule has 3 N–H and O–H groups in total.